The zero-order valence-corrected chi connectivity index (χ0v) is 15.7. The van der Waals surface area contributed by atoms with Crippen molar-refractivity contribution in [2.75, 3.05) is 20.7 Å². The number of rotatable bonds is 6. The quantitative estimate of drug-likeness (QED) is 0.704. The third-order valence-corrected chi connectivity index (χ3v) is 4.56. The summed E-state index contributed by atoms with van der Waals surface area (Å²) < 4.78 is 0. The second-order valence-electron chi connectivity index (χ2n) is 7.72. The van der Waals surface area contributed by atoms with Crippen LogP contribution in [-0.4, -0.2) is 37.4 Å². The first-order chi connectivity index (χ1) is 11.3. The summed E-state index contributed by atoms with van der Waals surface area (Å²) in [6.45, 7) is 11.6. The average Bonchev–Trinajstić information content (AvgIpc) is 2.53. The molecule has 0 N–H and O–H groups in total. The van der Waals surface area contributed by atoms with E-state index in [0.717, 1.165) is 24.1 Å². The lowest BCUT2D eigenvalue weighted by molar-refractivity contribution is 0.0911. The van der Waals surface area contributed by atoms with Crippen LogP contribution >= 0.6 is 0 Å². The molecule has 0 heterocycles. The Morgan fingerprint density at radius 2 is 1.92 bits per heavy atom. The fraction of sp³-hybridized carbons (Fsp3) is 0.476. The molecule has 0 radical (unpaired) electrons. The predicted octanol–water partition coefficient (Wildman–Crippen LogP) is 4.77. The highest BCUT2D eigenvalue weighted by Crippen LogP contribution is 2.39. The molecule has 24 heavy (non-hydrogen) atoms. The van der Waals surface area contributed by atoms with Gasteiger partial charge in [0.1, 0.15) is 6.61 Å². The van der Waals surface area contributed by atoms with E-state index in [1.807, 2.05) is 20.2 Å². The van der Waals surface area contributed by atoms with E-state index in [1.54, 1.807) is 0 Å². The molecule has 0 aromatic heterocycles. The molecule has 1 aromatic carbocycles. The Kier molecular flexibility index (Phi) is 6.00. The molecule has 3 heteroatoms. The first-order valence-corrected chi connectivity index (χ1v) is 8.59. The van der Waals surface area contributed by atoms with Gasteiger partial charge in [0.05, 0.1) is 5.71 Å². The molecule has 1 atom stereocenters. The standard InChI is InChI=1S/C21H30N2O/c1-16(23(5)6)15-24-22-20-12-19(13-21(3,4)14-20)17(2)18-10-8-7-9-11-18/h7-12,16H,2,13-15H2,1,3-6H3/b22-20-. The summed E-state index contributed by atoms with van der Waals surface area (Å²) in [5, 5.41) is 4.40. The smallest absolute Gasteiger partial charge is 0.132 e. The van der Waals surface area contributed by atoms with Crippen LogP contribution in [0, 0.1) is 5.41 Å². The fourth-order valence-electron chi connectivity index (χ4n) is 2.83. The van der Waals surface area contributed by atoms with Gasteiger partial charge < -0.3 is 9.74 Å². The van der Waals surface area contributed by atoms with E-state index in [-0.39, 0.29) is 5.41 Å². The molecular formula is C21H30N2O. The third-order valence-electron chi connectivity index (χ3n) is 4.56. The Balaban J connectivity index is 2.15. The Bertz CT molecular complexity index is 626. The lowest BCUT2D eigenvalue weighted by atomic mass is 9.74. The lowest BCUT2D eigenvalue weighted by Gasteiger charge is -2.31. The fourth-order valence-corrected chi connectivity index (χ4v) is 2.83. The van der Waals surface area contributed by atoms with Gasteiger partial charge in [-0.1, -0.05) is 55.9 Å². The number of allylic oxidation sites excluding steroid dienone is 3. The van der Waals surface area contributed by atoms with Gasteiger partial charge in [0, 0.05) is 6.04 Å². The van der Waals surface area contributed by atoms with Gasteiger partial charge in [0.2, 0.25) is 0 Å². The summed E-state index contributed by atoms with van der Waals surface area (Å²) in [5.74, 6) is 0. The monoisotopic (exact) mass is 326 g/mol. The van der Waals surface area contributed by atoms with E-state index in [9.17, 15) is 0 Å². The summed E-state index contributed by atoms with van der Waals surface area (Å²) in [6.07, 6.45) is 4.09. The minimum atomic E-state index is 0.164. The summed E-state index contributed by atoms with van der Waals surface area (Å²) >= 11 is 0. The lowest BCUT2D eigenvalue weighted by Crippen LogP contribution is -2.29. The predicted molar refractivity (Wildman–Crippen MR) is 103 cm³/mol. The van der Waals surface area contributed by atoms with Crippen LogP contribution in [-0.2, 0) is 4.84 Å². The first-order valence-electron chi connectivity index (χ1n) is 8.59. The maximum absolute atomic E-state index is 5.60. The minimum Gasteiger partial charge on any atom is -0.394 e. The SMILES string of the molecule is C=C(C1=C/C(=N/OCC(C)N(C)C)CC(C)(C)C1)c1ccccc1. The highest BCUT2D eigenvalue weighted by atomic mass is 16.6. The van der Waals surface area contributed by atoms with E-state index in [2.05, 4.69) is 67.7 Å². The number of likely N-dealkylation sites (N-methyl/N-ethyl adjacent to an activating group) is 1. The van der Waals surface area contributed by atoms with Gasteiger partial charge in [-0.2, -0.15) is 0 Å². The van der Waals surface area contributed by atoms with Crippen LogP contribution in [0.25, 0.3) is 5.57 Å². The van der Waals surface area contributed by atoms with E-state index >= 15 is 0 Å². The van der Waals surface area contributed by atoms with E-state index in [1.165, 1.54) is 11.1 Å². The maximum Gasteiger partial charge on any atom is 0.132 e. The molecule has 130 valence electrons. The van der Waals surface area contributed by atoms with Gasteiger partial charge in [-0.05, 0) is 62.1 Å². The van der Waals surface area contributed by atoms with Gasteiger partial charge in [-0.25, -0.2) is 0 Å². The molecule has 0 amide bonds. The van der Waals surface area contributed by atoms with Gasteiger partial charge in [-0.3, -0.25) is 0 Å². The van der Waals surface area contributed by atoms with Crippen LogP contribution in [0.4, 0.5) is 0 Å². The van der Waals surface area contributed by atoms with Crippen LogP contribution < -0.4 is 0 Å². The number of hydrogen-bond donors (Lipinski definition) is 0. The largest absolute Gasteiger partial charge is 0.394 e. The van der Waals surface area contributed by atoms with Crippen molar-refractivity contribution in [2.45, 2.75) is 39.7 Å². The second-order valence-corrected chi connectivity index (χ2v) is 7.72. The molecule has 2 rings (SSSR count). The normalized spacial score (nSPS) is 19.9. The van der Waals surface area contributed by atoms with Crippen LogP contribution in [0.15, 0.2) is 53.7 Å². The zero-order valence-electron chi connectivity index (χ0n) is 15.7. The molecule has 0 fully saturated rings. The van der Waals surface area contributed by atoms with Crippen LogP contribution in [0.3, 0.4) is 0 Å². The topological polar surface area (TPSA) is 24.8 Å². The Morgan fingerprint density at radius 1 is 1.25 bits per heavy atom. The van der Waals surface area contributed by atoms with Crippen LogP contribution in [0.5, 0.6) is 0 Å². The number of oxime groups is 1. The second kappa shape index (κ2) is 7.80. The molecule has 1 aromatic rings. The summed E-state index contributed by atoms with van der Waals surface area (Å²) in [4.78, 5) is 7.72. The van der Waals surface area contributed by atoms with E-state index in [0.29, 0.717) is 12.6 Å². The maximum atomic E-state index is 5.60. The molecule has 3 nitrogen and oxygen atoms in total. The van der Waals surface area contributed by atoms with Gasteiger partial charge in [0.25, 0.3) is 0 Å². The molecule has 0 spiro atoms. The molecule has 0 aliphatic heterocycles. The van der Waals surface area contributed by atoms with Crippen molar-refractivity contribution in [2.24, 2.45) is 10.6 Å². The first kappa shape index (κ1) is 18.5. The van der Waals surface area contributed by atoms with Gasteiger partial charge >= 0.3 is 0 Å². The summed E-state index contributed by atoms with van der Waals surface area (Å²) in [5.41, 5.74) is 4.67. The number of benzene rings is 1. The molecule has 1 unspecified atom stereocenters. The Morgan fingerprint density at radius 3 is 2.54 bits per heavy atom. The molecule has 1 aliphatic rings. The summed E-state index contributed by atoms with van der Waals surface area (Å²) in [7, 11) is 4.10. The zero-order chi connectivity index (χ0) is 17.7. The van der Waals surface area contributed by atoms with Crippen LogP contribution in [0.1, 0.15) is 39.2 Å². The minimum absolute atomic E-state index is 0.164. The van der Waals surface area contributed by atoms with Gasteiger partial charge in [0.15, 0.2) is 0 Å². The highest BCUT2D eigenvalue weighted by molar-refractivity contribution is 6.00. The van der Waals surface area contributed by atoms with E-state index < -0.39 is 0 Å². The van der Waals surface area contributed by atoms with Crippen molar-refractivity contribution in [3.8, 4) is 0 Å². The van der Waals surface area contributed by atoms with Crippen molar-refractivity contribution in [3.63, 3.8) is 0 Å². The number of hydrogen-bond acceptors (Lipinski definition) is 3. The van der Waals surface area contributed by atoms with Crippen molar-refractivity contribution < 1.29 is 4.84 Å². The van der Waals surface area contributed by atoms with E-state index in [4.69, 9.17) is 4.84 Å². The highest BCUT2D eigenvalue weighted by Gasteiger charge is 2.28. The van der Waals surface area contributed by atoms with Crippen LogP contribution in [0.2, 0.25) is 0 Å². The number of nitrogens with zero attached hydrogens (tertiary/aromatic N) is 2. The third kappa shape index (κ3) is 5.07. The molecule has 0 bridgehead atoms. The van der Waals surface area contributed by atoms with Crippen molar-refractivity contribution >= 4 is 11.3 Å². The molecular weight excluding hydrogens is 296 g/mol. The van der Waals surface area contributed by atoms with Crippen molar-refractivity contribution in [3.05, 3.63) is 54.1 Å². The Hall–Kier alpha value is -1.87. The Labute approximate surface area is 146 Å². The average molecular weight is 326 g/mol. The van der Waals surface area contributed by atoms with Crippen molar-refractivity contribution in [1.82, 2.24) is 4.90 Å². The summed E-state index contributed by atoms with van der Waals surface area (Å²) in [6, 6.07) is 10.7. The molecule has 0 saturated carbocycles. The molecule has 0 saturated heterocycles. The van der Waals surface area contributed by atoms with Gasteiger partial charge in [-0.15, -0.1) is 0 Å². The molecule has 1 aliphatic carbocycles. The van der Waals surface area contributed by atoms with Crippen molar-refractivity contribution in [1.29, 1.82) is 0 Å².